The molecule has 0 fully saturated rings. The summed E-state index contributed by atoms with van der Waals surface area (Å²) >= 11 is 0. The lowest BCUT2D eigenvalue weighted by molar-refractivity contribution is -0.123. The third-order valence-corrected chi connectivity index (χ3v) is 8.34. The molecule has 0 aliphatic carbocycles. The second kappa shape index (κ2) is 11.8. The van der Waals surface area contributed by atoms with Crippen molar-refractivity contribution in [3.05, 3.63) is 89.5 Å². The molecule has 3 aromatic carbocycles. The Balaban J connectivity index is 1.91. The molecule has 1 aliphatic rings. The highest BCUT2D eigenvalue weighted by atomic mass is 32.2. The molecule has 1 aliphatic heterocycles. The minimum absolute atomic E-state index is 0.0976. The second-order valence-electron chi connectivity index (χ2n) is 9.75. The zero-order chi connectivity index (χ0) is 31.7. The van der Waals surface area contributed by atoms with E-state index in [4.69, 9.17) is 11.5 Å². The number of rotatable bonds is 8. The van der Waals surface area contributed by atoms with Crippen LogP contribution in [0, 0.1) is 6.92 Å². The number of hydrogen-bond acceptors (Lipinski definition) is 6. The summed E-state index contributed by atoms with van der Waals surface area (Å²) in [6.07, 6.45) is -0.633. The number of nitrogens with zero attached hydrogens (tertiary/aromatic N) is 3. The van der Waals surface area contributed by atoms with Gasteiger partial charge in [-0.2, -0.15) is 21.6 Å². The van der Waals surface area contributed by atoms with Gasteiger partial charge in [-0.25, -0.2) is 9.10 Å². The average Bonchev–Trinajstić information content (AvgIpc) is 3.04. The van der Waals surface area contributed by atoms with E-state index in [2.05, 4.69) is 0 Å². The SMILES string of the molecule is Cc1ccc2c(c1)N(CC(N)=O)C(=O)C(N(C(N)=O)c1cccc(N(C=O)S(=O)(=O)C(F)(F)F)c1)CC2c1ccccc1. The first kappa shape index (κ1) is 31.0. The number of primary amides is 2. The summed E-state index contributed by atoms with van der Waals surface area (Å²) in [6, 6.07) is 15.6. The van der Waals surface area contributed by atoms with E-state index in [0.717, 1.165) is 39.1 Å². The highest BCUT2D eigenvalue weighted by Gasteiger charge is 2.51. The van der Waals surface area contributed by atoms with Crippen LogP contribution < -0.4 is 25.6 Å². The van der Waals surface area contributed by atoms with Crippen LogP contribution >= 0.6 is 0 Å². The van der Waals surface area contributed by atoms with Crippen molar-refractivity contribution in [1.82, 2.24) is 0 Å². The van der Waals surface area contributed by atoms with Gasteiger partial charge >= 0.3 is 21.6 Å². The fraction of sp³-hybridized carbons (Fsp3) is 0.214. The van der Waals surface area contributed by atoms with Crippen LogP contribution in [0.2, 0.25) is 0 Å². The molecule has 15 heteroatoms. The predicted octanol–water partition coefficient (Wildman–Crippen LogP) is 3.12. The Kier molecular flexibility index (Phi) is 8.48. The largest absolute Gasteiger partial charge is 0.517 e. The maximum atomic E-state index is 14.2. The number of carbonyl (C=O) groups is 4. The summed E-state index contributed by atoms with van der Waals surface area (Å²) in [5.41, 5.74) is 6.86. The van der Waals surface area contributed by atoms with Gasteiger partial charge in [0.2, 0.25) is 12.3 Å². The molecule has 3 aromatic rings. The molecule has 0 saturated heterocycles. The van der Waals surface area contributed by atoms with E-state index in [1.54, 1.807) is 49.4 Å². The molecule has 0 spiro atoms. The Bertz CT molecular complexity index is 1680. The quantitative estimate of drug-likeness (QED) is 0.369. The van der Waals surface area contributed by atoms with E-state index >= 15 is 0 Å². The van der Waals surface area contributed by atoms with Gasteiger partial charge in [0.25, 0.3) is 5.91 Å². The van der Waals surface area contributed by atoms with E-state index in [1.165, 1.54) is 6.07 Å². The maximum absolute atomic E-state index is 14.2. The molecular weight excluding hydrogens is 591 g/mol. The first-order valence-corrected chi connectivity index (χ1v) is 14.1. The molecule has 43 heavy (non-hydrogen) atoms. The van der Waals surface area contributed by atoms with Crippen molar-refractivity contribution in [1.29, 1.82) is 0 Å². The van der Waals surface area contributed by atoms with Gasteiger partial charge in [-0.1, -0.05) is 48.5 Å². The monoisotopic (exact) mass is 617 g/mol. The van der Waals surface area contributed by atoms with Crippen LogP contribution in [0.1, 0.15) is 29.0 Å². The Labute approximate surface area is 244 Å². The molecule has 4 rings (SSSR count). The minimum atomic E-state index is -6.15. The lowest BCUT2D eigenvalue weighted by atomic mass is 9.85. The molecule has 5 amide bonds. The predicted molar refractivity (Wildman–Crippen MR) is 151 cm³/mol. The van der Waals surface area contributed by atoms with Crippen LogP contribution in [-0.4, -0.2) is 50.8 Å². The number of nitrogens with two attached hydrogens (primary N) is 2. The molecule has 1 heterocycles. The number of alkyl halides is 3. The maximum Gasteiger partial charge on any atom is 0.517 e. The van der Waals surface area contributed by atoms with Crippen LogP contribution in [0.15, 0.2) is 72.8 Å². The van der Waals surface area contributed by atoms with Crippen LogP contribution in [0.5, 0.6) is 0 Å². The molecule has 0 radical (unpaired) electrons. The number of hydrogen-bond donors (Lipinski definition) is 2. The summed E-state index contributed by atoms with van der Waals surface area (Å²) in [4.78, 5) is 52.7. The third kappa shape index (κ3) is 6.02. The molecule has 2 unspecified atom stereocenters. The first-order valence-electron chi connectivity index (χ1n) is 12.7. The smallest absolute Gasteiger partial charge is 0.368 e. The fourth-order valence-electron chi connectivity index (χ4n) is 5.08. The Morgan fingerprint density at radius 1 is 1.00 bits per heavy atom. The molecular formula is C28H26F3N5O6S. The van der Waals surface area contributed by atoms with Crippen molar-refractivity contribution in [2.24, 2.45) is 11.5 Å². The molecule has 4 N–H and O–H groups in total. The summed E-state index contributed by atoms with van der Waals surface area (Å²) < 4.78 is 63.4. The first-order chi connectivity index (χ1) is 20.2. The van der Waals surface area contributed by atoms with E-state index in [-0.39, 0.29) is 12.1 Å². The second-order valence-corrected chi connectivity index (χ2v) is 11.6. The molecule has 226 valence electrons. The summed E-state index contributed by atoms with van der Waals surface area (Å²) in [5, 5.41) is 0. The summed E-state index contributed by atoms with van der Waals surface area (Å²) in [7, 11) is -6.15. The highest BCUT2D eigenvalue weighted by Crippen LogP contribution is 2.42. The van der Waals surface area contributed by atoms with Gasteiger partial charge < -0.3 is 16.4 Å². The van der Waals surface area contributed by atoms with Crippen molar-refractivity contribution in [2.45, 2.75) is 30.8 Å². The van der Waals surface area contributed by atoms with Gasteiger partial charge in [0.05, 0.1) is 5.69 Å². The Morgan fingerprint density at radius 2 is 1.65 bits per heavy atom. The fourth-order valence-corrected chi connectivity index (χ4v) is 5.80. The standard InChI is InChI=1S/C28H26F3N5O6S/c1-17-10-11-21-22(18-6-3-2-4-7-18)14-24(26(39)34(15-25(32)38)23(21)12-17)36(27(33)40)20-9-5-8-19(13-20)35(16-37)43(41,42)28(29,30)31/h2-13,16,22,24H,14-15H2,1H3,(H2,32,38)(H2,33,40). The number of anilines is 3. The van der Waals surface area contributed by atoms with E-state index < -0.39 is 68.3 Å². The van der Waals surface area contributed by atoms with Crippen LogP contribution in [0.3, 0.4) is 0 Å². The third-order valence-electron chi connectivity index (χ3n) is 6.94. The zero-order valence-electron chi connectivity index (χ0n) is 22.6. The number of benzene rings is 3. The van der Waals surface area contributed by atoms with Crippen molar-refractivity contribution < 1.29 is 40.8 Å². The molecule has 2 atom stereocenters. The van der Waals surface area contributed by atoms with Crippen LogP contribution in [0.4, 0.5) is 35.0 Å². The van der Waals surface area contributed by atoms with Gasteiger partial charge in [-0.15, -0.1) is 0 Å². The van der Waals surface area contributed by atoms with Gasteiger partial charge in [0, 0.05) is 17.3 Å². The van der Waals surface area contributed by atoms with Gasteiger partial charge in [-0.05, 0) is 54.3 Å². The summed E-state index contributed by atoms with van der Waals surface area (Å²) in [5.74, 6) is -2.18. The topological polar surface area (TPSA) is 164 Å². The van der Waals surface area contributed by atoms with Crippen molar-refractivity contribution in [3.8, 4) is 0 Å². The minimum Gasteiger partial charge on any atom is -0.368 e. The Morgan fingerprint density at radius 3 is 2.23 bits per heavy atom. The number of aryl methyl sites for hydroxylation is 1. The average molecular weight is 618 g/mol. The van der Waals surface area contributed by atoms with Crippen molar-refractivity contribution >= 4 is 51.3 Å². The van der Waals surface area contributed by atoms with Crippen LogP contribution in [-0.2, 0) is 24.4 Å². The number of halogens is 3. The Hall–Kier alpha value is -4.92. The molecule has 0 saturated carbocycles. The van der Waals surface area contributed by atoms with E-state index in [1.807, 2.05) is 6.07 Å². The number of sulfonamides is 1. The number of carbonyl (C=O) groups excluding carboxylic acids is 4. The van der Waals surface area contributed by atoms with Crippen LogP contribution in [0.25, 0.3) is 0 Å². The van der Waals surface area contributed by atoms with Gasteiger partial charge in [-0.3, -0.25) is 19.3 Å². The molecule has 0 aromatic heterocycles. The van der Waals surface area contributed by atoms with E-state index in [9.17, 15) is 40.8 Å². The lowest BCUT2D eigenvalue weighted by Crippen LogP contribution is -2.54. The highest BCUT2D eigenvalue weighted by molar-refractivity contribution is 7.94. The van der Waals surface area contributed by atoms with Gasteiger partial charge in [0.15, 0.2) is 0 Å². The number of amides is 5. The number of fused-ring (bicyclic) bond motifs is 1. The van der Waals surface area contributed by atoms with Crippen molar-refractivity contribution in [3.63, 3.8) is 0 Å². The molecule has 11 nitrogen and oxygen atoms in total. The molecule has 0 bridgehead atoms. The van der Waals surface area contributed by atoms with Gasteiger partial charge in [0.1, 0.15) is 12.6 Å². The van der Waals surface area contributed by atoms with Crippen molar-refractivity contribution in [2.75, 3.05) is 20.6 Å². The normalized spacial score (nSPS) is 17.0. The lowest BCUT2D eigenvalue weighted by Gasteiger charge is -2.33. The zero-order valence-corrected chi connectivity index (χ0v) is 23.4. The summed E-state index contributed by atoms with van der Waals surface area (Å²) in [6.45, 7) is 1.21. The van der Waals surface area contributed by atoms with E-state index in [0.29, 0.717) is 11.3 Å². The number of urea groups is 1.